The van der Waals surface area contributed by atoms with Gasteiger partial charge >= 0.3 is 5.97 Å². The molecule has 1 aliphatic rings. The maximum Gasteiger partial charge on any atom is 0.324 e. The summed E-state index contributed by atoms with van der Waals surface area (Å²) in [5.41, 5.74) is 1.29. The fourth-order valence-corrected chi connectivity index (χ4v) is 2.25. The second kappa shape index (κ2) is 5.99. The highest BCUT2D eigenvalue weighted by molar-refractivity contribution is 6.13. The summed E-state index contributed by atoms with van der Waals surface area (Å²) in [4.78, 5) is 23.7. The lowest BCUT2D eigenvalue weighted by Crippen LogP contribution is -2.35. The van der Waals surface area contributed by atoms with Gasteiger partial charge in [0.2, 0.25) is 0 Å². The van der Waals surface area contributed by atoms with Crippen molar-refractivity contribution in [1.82, 2.24) is 0 Å². The van der Waals surface area contributed by atoms with Crippen LogP contribution in [0.1, 0.15) is 15.9 Å². The van der Waals surface area contributed by atoms with Crippen LogP contribution in [0.25, 0.3) is 0 Å². The molecule has 1 heterocycles. The number of ketones is 1. The number of benzene rings is 2. The van der Waals surface area contributed by atoms with Crippen molar-refractivity contribution in [2.75, 3.05) is 6.61 Å². The molecule has 0 spiro atoms. The number of hydrogen-bond donors (Lipinski definition) is 1. The van der Waals surface area contributed by atoms with Gasteiger partial charge in [-0.2, -0.15) is 0 Å². The molecule has 3 rings (SSSR count). The number of hydrogen-bond acceptors (Lipinski definition) is 5. The molecule has 0 fully saturated rings. The minimum absolute atomic E-state index is 0.172. The SMILES string of the molecule is O=C1Oc2cc(OCc3ccccc3)ccc2C(=O)C1CO. The average Bonchev–Trinajstić information content (AvgIpc) is 2.54. The van der Waals surface area contributed by atoms with Gasteiger partial charge in [0.15, 0.2) is 5.78 Å². The molecule has 1 atom stereocenters. The van der Waals surface area contributed by atoms with Crippen molar-refractivity contribution in [1.29, 1.82) is 0 Å². The minimum atomic E-state index is -1.14. The number of aliphatic hydroxyl groups excluding tert-OH is 1. The summed E-state index contributed by atoms with van der Waals surface area (Å²) in [6, 6.07) is 14.3. The second-order valence-electron chi connectivity index (χ2n) is 4.95. The summed E-state index contributed by atoms with van der Waals surface area (Å²) in [6.45, 7) is -0.176. The molecule has 2 aromatic carbocycles. The van der Waals surface area contributed by atoms with Crippen LogP contribution in [-0.2, 0) is 11.4 Å². The number of Topliss-reactive ketones (excluding diaryl/α,β-unsaturated/α-hetero) is 1. The molecule has 5 nitrogen and oxygen atoms in total. The van der Waals surface area contributed by atoms with Crippen LogP contribution in [0.15, 0.2) is 48.5 Å². The second-order valence-corrected chi connectivity index (χ2v) is 4.95. The zero-order valence-corrected chi connectivity index (χ0v) is 11.7. The Morgan fingerprint density at radius 1 is 1.09 bits per heavy atom. The Morgan fingerprint density at radius 3 is 2.59 bits per heavy atom. The number of rotatable bonds is 4. The summed E-state index contributed by atoms with van der Waals surface area (Å²) < 4.78 is 10.7. The van der Waals surface area contributed by atoms with E-state index >= 15 is 0 Å². The van der Waals surface area contributed by atoms with Gasteiger partial charge in [-0.1, -0.05) is 30.3 Å². The maximum absolute atomic E-state index is 12.0. The van der Waals surface area contributed by atoms with E-state index in [0.717, 1.165) is 5.56 Å². The zero-order valence-electron chi connectivity index (χ0n) is 11.7. The Labute approximate surface area is 127 Å². The number of carbonyl (C=O) groups excluding carboxylic acids is 2. The van der Waals surface area contributed by atoms with E-state index in [1.54, 1.807) is 12.1 Å². The van der Waals surface area contributed by atoms with Crippen LogP contribution in [0.2, 0.25) is 0 Å². The lowest BCUT2D eigenvalue weighted by Gasteiger charge is -2.21. The van der Waals surface area contributed by atoms with Gasteiger partial charge in [0, 0.05) is 6.07 Å². The van der Waals surface area contributed by atoms with E-state index in [0.29, 0.717) is 12.4 Å². The maximum atomic E-state index is 12.0. The molecular formula is C17H14O5. The zero-order chi connectivity index (χ0) is 15.5. The Kier molecular flexibility index (Phi) is 3.89. The number of carbonyl (C=O) groups is 2. The van der Waals surface area contributed by atoms with Crippen LogP contribution in [0.5, 0.6) is 11.5 Å². The van der Waals surface area contributed by atoms with E-state index in [4.69, 9.17) is 14.6 Å². The summed E-state index contributed by atoms with van der Waals surface area (Å²) in [6.07, 6.45) is 0. The Balaban J connectivity index is 1.78. The highest BCUT2D eigenvalue weighted by Crippen LogP contribution is 2.31. The van der Waals surface area contributed by atoms with Crippen LogP contribution >= 0.6 is 0 Å². The molecule has 0 radical (unpaired) electrons. The Bertz CT molecular complexity index is 708. The van der Waals surface area contributed by atoms with Crippen LogP contribution < -0.4 is 9.47 Å². The highest BCUT2D eigenvalue weighted by atomic mass is 16.5. The smallest absolute Gasteiger partial charge is 0.324 e. The third kappa shape index (κ3) is 2.71. The third-order valence-corrected chi connectivity index (χ3v) is 3.46. The van der Waals surface area contributed by atoms with Gasteiger partial charge < -0.3 is 14.6 Å². The van der Waals surface area contributed by atoms with Crippen molar-refractivity contribution >= 4 is 11.8 Å². The molecule has 5 heteroatoms. The molecule has 0 aromatic heterocycles. The summed E-state index contributed by atoms with van der Waals surface area (Å²) >= 11 is 0. The molecule has 1 aliphatic heterocycles. The molecular weight excluding hydrogens is 284 g/mol. The van der Waals surface area contributed by atoms with Gasteiger partial charge in [-0.05, 0) is 17.7 Å². The first-order valence-electron chi connectivity index (χ1n) is 6.86. The Morgan fingerprint density at radius 2 is 1.86 bits per heavy atom. The predicted octanol–water partition coefficient (Wildman–Crippen LogP) is 1.98. The quantitative estimate of drug-likeness (QED) is 0.531. The fraction of sp³-hybridized carbons (Fsp3) is 0.176. The average molecular weight is 298 g/mol. The van der Waals surface area contributed by atoms with E-state index in [1.807, 2.05) is 30.3 Å². The number of fused-ring (bicyclic) bond motifs is 1. The number of esters is 1. The van der Waals surface area contributed by atoms with E-state index in [1.165, 1.54) is 6.07 Å². The van der Waals surface area contributed by atoms with Gasteiger partial charge in [0.25, 0.3) is 0 Å². The molecule has 0 aliphatic carbocycles. The lowest BCUT2D eigenvalue weighted by molar-refractivity contribution is -0.139. The highest BCUT2D eigenvalue weighted by Gasteiger charge is 2.36. The summed E-state index contributed by atoms with van der Waals surface area (Å²) in [5.74, 6) is -1.62. The van der Waals surface area contributed by atoms with E-state index in [-0.39, 0.29) is 11.3 Å². The molecule has 0 bridgehead atoms. The van der Waals surface area contributed by atoms with Gasteiger partial charge in [-0.25, -0.2) is 0 Å². The van der Waals surface area contributed by atoms with Crippen molar-refractivity contribution < 1.29 is 24.2 Å². The fourth-order valence-electron chi connectivity index (χ4n) is 2.25. The van der Waals surface area contributed by atoms with Crippen molar-refractivity contribution in [3.63, 3.8) is 0 Å². The molecule has 0 saturated heterocycles. The standard InChI is InChI=1S/C17H14O5/c18-9-14-16(19)13-7-6-12(8-15(13)22-17(14)20)21-10-11-4-2-1-3-5-11/h1-8,14,18H,9-10H2. The predicted molar refractivity (Wildman–Crippen MR) is 77.8 cm³/mol. The van der Waals surface area contributed by atoms with Crippen LogP contribution in [0.3, 0.4) is 0 Å². The number of aliphatic hydroxyl groups is 1. The van der Waals surface area contributed by atoms with Gasteiger partial charge in [-0.3, -0.25) is 9.59 Å². The molecule has 22 heavy (non-hydrogen) atoms. The largest absolute Gasteiger partial charge is 0.489 e. The third-order valence-electron chi connectivity index (χ3n) is 3.46. The van der Waals surface area contributed by atoms with Crippen LogP contribution in [0.4, 0.5) is 0 Å². The summed E-state index contributed by atoms with van der Waals surface area (Å²) in [7, 11) is 0. The van der Waals surface area contributed by atoms with E-state index in [9.17, 15) is 9.59 Å². The normalized spacial score (nSPS) is 16.9. The van der Waals surface area contributed by atoms with Crippen molar-refractivity contribution in [3.8, 4) is 11.5 Å². The van der Waals surface area contributed by atoms with Crippen molar-refractivity contribution in [2.24, 2.45) is 5.92 Å². The minimum Gasteiger partial charge on any atom is -0.489 e. The molecule has 2 aromatic rings. The topological polar surface area (TPSA) is 72.8 Å². The van der Waals surface area contributed by atoms with Crippen LogP contribution in [0, 0.1) is 5.92 Å². The van der Waals surface area contributed by atoms with Crippen molar-refractivity contribution in [3.05, 3.63) is 59.7 Å². The first-order valence-corrected chi connectivity index (χ1v) is 6.86. The molecule has 0 amide bonds. The molecule has 0 saturated carbocycles. The first-order chi connectivity index (χ1) is 10.7. The number of ether oxygens (including phenoxy) is 2. The van der Waals surface area contributed by atoms with Gasteiger partial charge in [0.05, 0.1) is 12.2 Å². The van der Waals surface area contributed by atoms with Gasteiger partial charge in [-0.15, -0.1) is 0 Å². The van der Waals surface area contributed by atoms with E-state index in [2.05, 4.69) is 0 Å². The van der Waals surface area contributed by atoms with E-state index < -0.39 is 24.3 Å². The molecule has 1 unspecified atom stereocenters. The Hall–Kier alpha value is -2.66. The lowest BCUT2D eigenvalue weighted by atomic mass is 9.95. The molecule has 1 N–H and O–H groups in total. The molecule has 112 valence electrons. The summed E-state index contributed by atoms with van der Waals surface area (Å²) in [5, 5.41) is 9.08. The first kappa shape index (κ1) is 14.3. The van der Waals surface area contributed by atoms with Crippen LogP contribution in [-0.4, -0.2) is 23.5 Å². The van der Waals surface area contributed by atoms with Crippen molar-refractivity contribution in [2.45, 2.75) is 6.61 Å². The monoisotopic (exact) mass is 298 g/mol. The van der Waals surface area contributed by atoms with Gasteiger partial charge in [0.1, 0.15) is 24.0 Å².